The van der Waals surface area contributed by atoms with E-state index in [1.165, 1.54) is 33.4 Å². The number of furan rings is 2. The van der Waals surface area contributed by atoms with Gasteiger partial charge in [0.2, 0.25) is 0 Å². The fraction of sp³-hybridized carbons (Fsp3) is 0.0588. The number of anilines is 3. The molecule has 0 bridgehead atoms. The van der Waals surface area contributed by atoms with Crippen molar-refractivity contribution in [3.63, 3.8) is 0 Å². The van der Waals surface area contributed by atoms with Crippen LogP contribution in [0.5, 0.6) is 0 Å². The summed E-state index contributed by atoms with van der Waals surface area (Å²) >= 11 is 0. The Morgan fingerprint density at radius 3 is 1.80 bits per heavy atom. The Hall–Kier alpha value is -6.84. The molecule has 1 aliphatic rings. The number of rotatable bonds is 5. The second kappa shape index (κ2) is 11.6. The van der Waals surface area contributed by atoms with Crippen LogP contribution >= 0.6 is 0 Å². The van der Waals surface area contributed by atoms with Crippen molar-refractivity contribution in [2.45, 2.75) is 19.3 Å². The van der Waals surface area contributed by atoms with Crippen LogP contribution in [0.3, 0.4) is 0 Å². The molecule has 0 spiro atoms. The number of hydrogen-bond donors (Lipinski definition) is 0. The zero-order valence-electron chi connectivity index (χ0n) is 30.0. The normalized spacial score (nSPS) is 13.1. The topological polar surface area (TPSA) is 29.5 Å². The third-order valence-corrected chi connectivity index (χ3v) is 11.5. The lowest BCUT2D eigenvalue weighted by atomic mass is 9.82. The molecule has 0 radical (unpaired) electrons. The minimum absolute atomic E-state index is 0.121. The SMILES string of the molecule is CC1(C)c2ccccc2-c2ccc(N(c3ccc(-c4cc5oc6ccccc6c5c5c4oc4ccccc45)cc3)c3ccccc3-c3ccccc3)cc21. The molecule has 256 valence electrons. The van der Waals surface area contributed by atoms with E-state index in [2.05, 4.69) is 176 Å². The zero-order valence-corrected chi connectivity index (χ0v) is 30.0. The molecule has 2 heterocycles. The highest BCUT2D eigenvalue weighted by Crippen LogP contribution is 2.51. The Morgan fingerprint density at radius 2 is 1.00 bits per heavy atom. The maximum atomic E-state index is 6.68. The van der Waals surface area contributed by atoms with Crippen molar-refractivity contribution < 1.29 is 8.83 Å². The summed E-state index contributed by atoms with van der Waals surface area (Å²) in [6, 6.07) is 62.9. The monoisotopic (exact) mass is 693 g/mol. The lowest BCUT2D eigenvalue weighted by molar-refractivity contribution is 0.660. The van der Waals surface area contributed by atoms with E-state index in [1.54, 1.807) is 0 Å². The zero-order chi connectivity index (χ0) is 36.0. The highest BCUT2D eigenvalue weighted by Gasteiger charge is 2.36. The maximum Gasteiger partial charge on any atom is 0.144 e. The molecule has 3 nitrogen and oxygen atoms in total. The van der Waals surface area contributed by atoms with Crippen LogP contribution in [0, 0.1) is 0 Å². The second-order valence-electron chi connectivity index (χ2n) is 14.9. The van der Waals surface area contributed by atoms with E-state index in [4.69, 9.17) is 8.83 Å². The number of benzene rings is 8. The van der Waals surface area contributed by atoms with Gasteiger partial charge in [0.25, 0.3) is 0 Å². The second-order valence-corrected chi connectivity index (χ2v) is 14.9. The molecule has 0 unspecified atom stereocenters. The van der Waals surface area contributed by atoms with Crippen molar-refractivity contribution in [1.82, 2.24) is 0 Å². The van der Waals surface area contributed by atoms with Gasteiger partial charge in [0.1, 0.15) is 22.3 Å². The summed E-state index contributed by atoms with van der Waals surface area (Å²) in [6.45, 7) is 4.69. The van der Waals surface area contributed by atoms with Crippen LogP contribution in [-0.4, -0.2) is 0 Å². The molecule has 0 atom stereocenters. The van der Waals surface area contributed by atoms with Crippen molar-refractivity contribution in [1.29, 1.82) is 0 Å². The quantitative estimate of drug-likeness (QED) is 0.180. The van der Waals surface area contributed by atoms with Crippen LogP contribution in [0.1, 0.15) is 25.0 Å². The number of hydrogen-bond acceptors (Lipinski definition) is 3. The molecule has 54 heavy (non-hydrogen) atoms. The van der Waals surface area contributed by atoms with Gasteiger partial charge in [-0.25, -0.2) is 0 Å². The van der Waals surface area contributed by atoms with Crippen LogP contribution in [-0.2, 0) is 5.41 Å². The van der Waals surface area contributed by atoms with Gasteiger partial charge in [0, 0.05) is 49.5 Å². The Kier molecular flexibility index (Phi) is 6.60. The van der Waals surface area contributed by atoms with Crippen molar-refractivity contribution in [3.8, 4) is 33.4 Å². The molecule has 0 N–H and O–H groups in total. The summed E-state index contributed by atoms with van der Waals surface area (Å²) in [5, 5.41) is 4.37. The predicted molar refractivity (Wildman–Crippen MR) is 224 cm³/mol. The van der Waals surface area contributed by atoms with Gasteiger partial charge in [-0.15, -0.1) is 0 Å². The Balaban J connectivity index is 1.11. The van der Waals surface area contributed by atoms with Crippen LogP contribution in [0.4, 0.5) is 17.1 Å². The van der Waals surface area contributed by atoms with Gasteiger partial charge in [-0.1, -0.05) is 141 Å². The first-order valence-corrected chi connectivity index (χ1v) is 18.6. The van der Waals surface area contributed by atoms with Gasteiger partial charge in [0.15, 0.2) is 0 Å². The van der Waals surface area contributed by atoms with Gasteiger partial charge in [-0.3, -0.25) is 0 Å². The summed E-state index contributed by atoms with van der Waals surface area (Å²) < 4.78 is 13.2. The predicted octanol–water partition coefficient (Wildman–Crippen LogP) is 14.6. The first-order valence-electron chi connectivity index (χ1n) is 18.6. The minimum Gasteiger partial charge on any atom is -0.456 e. The van der Waals surface area contributed by atoms with E-state index < -0.39 is 0 Å². The highest BCUT2D eigenvalue weighted by molar-refractivity contribution is 6.28. The molecule has 0 fully saturated rings. The minimum atomic E-state index is -0.121. The molecular weight excluding hydrogens is 659 g/mol. The molecule has 0 aliphatic heterocycles. The number of fused-ring (bicyclic) bond motifs is 10. The summed E-state index contributed by atoms with van der Waals surface area (Å²) in [7, 11) is 0. The third kappa shape index (κ3) is 4.48. The summed E-state index contributed by atoms with van der Waals surface area (Å²) in [5.41, 5.74) is 16.4. The van der Waals surface area contributed by atoms with Gasteiger partial charge in [0.05, 0.1) is 5.69 Å². The van der Waals surface area contributed by atoms with Crippen molar-refractivity contribution in [3.05, 3.63) is 187 Å². The molecule has 0 saturated heterocycles. The van der Waals surface area contributed by atoms with E-state index in [-0.39, 0.29) is 5.41 Å². The summed E-state index contributed by atoms with van der Waals surface area (Å²) in [4.78, 5) is 2.41. The van der Waals surface area contributed by atoms with Gasteiger partial charge >= 0.3 is 0 Å². The average molecular weight is 694 g/mol. The molecule has 3 heteroatoms. The fourth-order valence-electron chi connectivity index (χ4n) is 8.90. The molecule has 2 aromatic heterocycles. The van der Waals surface area contributed by atoms with E-state index in [9.17, 15) is 0 Å². The Labute approximate surface area is 313 Å². The van der Waals surface area contributed by atoms with Crippen LogP contribution in [0.25, 0.3) is 77.3 Å². The molecule has 0 saturated carbocycles. The lowest BCUT2D eigenvalue weighted by Crippen LogP contribution is -2.16. The Morgan fingerprint density at radius 1 is 0.407 bits per heavy atom. The Bertz CT molecular complexity index is 3070. The molecule has 8 aromatic carbocycles. The van der Waals surface area contributed by atoms with Crippen molar-refractivity contribution in [2.24, 2.45) is 0 Å². The first kappa shape index (κ1) is 30.8. The molecule has 0 amide bonds. The largest absolute Gasteiger partial charge is 0.456 e. The van der Waals surface area contributed by atoms with E-state index in [1.807, 2.05) is 18.2 Å². The first-order chi connectivity index (χ1) is 26.5. The van der Waals surface area contributed by atoms with E-state index in [0.29, 0.717) is 0 Å². The van der Waals surface area contributed by atoms with E-state index in [0.717, 1.165) is 72.1 Å². The van der Waals surface area contributed by atoms with Gasteiger partial charge < -0.3 is 13.7 Å². The summed E-state index contributed by atoms with van der Waals surface area (Å²) in [6.07, 6.45) is 0. The van der Waals surface area contributed by atoms with Gasteiger partial charge in [-0.2, -0.15) is 0 Å². The standard InChI is InChI=1S/C51H35NO2/c1-51(2)42-20-10-6-17-37(42)38-29-28-35(30-43(38)51)52(44-21-11-7-16-36(44)32-14-4-3-5-15-32)34-26-24-33(25-27-34)41-31-47-48(39-18-8-12-22-45(39)53-47)49-40-19-9-13-23-46(40)54-50(41)49/h3-31H,1-2H3. The van der Waals surface area contributed by atoms with E-state index >= 15 is 0 Å². The van der Waals surface area contributed by atoms with Crippen molar-refractivity contribution in [2.75, 3.05) is 4.90 Å². The molecule has 11 rings (SSSR count). The number of para-hydroxylation sites is 3. The fourth-order valence-corrected chi connectivity index (χ4v) is 8.90. The lowest BCUT2D eigenvalue weighted by Gasteiger charge is -2.30. The van der Waals surface area contributed by atoms with Crippen molar-refractivity contribution >= 4 is 60.9 Å². The third-order valence-electron chi connectivity index (χ3n) is 11.5. The molecule has 10 aromatic rings. The number of nitrogens with zero attached hydrogens (tertiary/aromatic N) is 1. The van der Waals surface area contributed by atoms with Crippen LogP contribution in [0.2, 0.25) is 0 Å². The van der Waals surface area contributed by atoms with Crippen LogP contribution < -0.4 is 4.90 Å². The molecule has 1 aliphatic carbocycles. The smallest absolute Gasteiger partial charge is 0.144 e. The summed E-state index contributed by atoms with van der Waals surface area (Å²) in [5.74, 6) is 0. The highest BCUT2D eigenvalue weighted by atomic mass is 16.3. The van der Waals surface area contributed by atoms with Gasteiger partial charge in [-0.05, 0) is 81.9 Å². The maximum absolute atomic E-state index is 6.68. The molecular formula is C51H35NO2. The average Bonchev–Trinajstić information content (AvgIpc) is 3.86. The van der Waals surface area contributed by atoms with Crippen LogP contribution in [0.15, 0.2) is 185 Å².